The molecule has 0 atom stereocenters. The molecule has 0 aliphatic rings. The summed E-state index contributed by atoms with van der Waals surface area (Å²) < 4.78 is 15.5. The molecule has 0 bridgehead atoms. The van der Waals surface area contributed by atoms with E-state index in [1.54, 1.807) is 55.5 Å². The van der Waals surface area contributed by atoms with Crippen molar-refractivity contribution in [2.45, 2.75) is 13.8 Å². The molecule has 7 heteroatoms. The van der Waals surface area contributed by atoms with E-state index in [9.17, 15) is 14.9 Å². The van der Waals surface area contributed by atoms with E-state index in [4.69, 9.17) is 14.2 Å². The van der Waals surface area contributed by atoms with Crippen molar-refractivity contribution in [3.8, 4) is 17.6 Å². The van der Waals surface area contributed by atoms with Crippen LogP contribution in [0.4, 0.5) is 5.69 Å². The Balaban J connectivity index is 2.00. The van der Waals surface area contributed by atoms with Gasteiger partial charge in [0, 0.05) is 5.69 Å². The lowest BCUT2D eigenvalue weighted by Gasteiger charge is -2.07. The summed E-state index contributed by atoms with van der Waals surface area (Å²) in [5.41, 5.74) is 1.16. The molecule has 0 saturated heterocycles. The Hall–Kier alpha value is -3.79. The standard InChI is InChI=1S/C22H22N2O5/c1-3-27-19-11-7-18(8-12-19)24-22(26)17(14-23)13-16-5-9-20(10-6-16)29-15-21(25)28-4-2/h5-13H,3-4,15H2,1-2H3,(H,24,26)/b17-13-. The Morgan fingerprint density at radius 1 is 0.966 bits per heavy atom. The zero-order valence-electron chi connectivity index (χ0n) is 16.3. The van der Waals surface area contributed by atoms with E-state index in [1.165, 1.54) is 6.08 Å². The largest absolute Gasteiger partial charge is 0.494 e. The second-order valence-corrected chi connectivity index (χ2v) is 5.74. The molecule has 2 rings (SSSR count). The third-order valence-corrected chi connectivity index (χ3v) is 3.64. The number of ether oxygens (including phenoxy) is 3. The first kappa shape index (κ1) is 21.5. The zero-order valence-corrected chi connectivity index (χ0v) is 16.3. The average Bonchev–Trinajstić information content (AvgIpc) is 2.73. The third-order valence-electron chi connectivity index (χ3n) is 3.64. The quantitative estimate of drug-likeness (QED) is 0.397. The van der Waals surface area contributed by atoms with Crippen LogP contribution in [0.25, 0.3) is 6.08 Å². The number of hydrogen-bond acceptors (Lipinski definition) is 6. The van der Waals surface area contributed by atoms with Gasteiger partial charge in [0.2, 0.25) is 0 Å². The zero-order chi connectivity index (χ0) is 21.1. The van der Waals surface area contributed by atoms with Gasteiger partial charge >= 0.3 is 5.97 Å². The number of carbonyl (C=O) groups is 2. The van der Waals surface area contributed by atoms with Gasteiger partial charge in [0.15, 0.2) is 6.61 Å². The van der Waals surface area contributed by atoms with Crippen LogP contribution in [0.3, 0.4) is 0 Å². The summed E-state index contributed by atoms with van der Waals surface area (Å²) in [5.74, 6) is 0.216. The summed E-state index contributed by atoms with van der Waals surface area (Å²) in [6.45, 7) is 4.27. The highest BCUT2D eigenvalue weighted by Gasteiger charge is 2.10. The molecule has 0 spiro atoms. The fourth-order valence-electron chi connectivity index (χ4n) is 2.32. The minimum Gasteiger partial charge on any atom is -0.494 e. The molecule has 1 amide bonds. The first-order chi connectivity index (χ1) is 14.0. The van der Waals surface area contributed by atoms with Crippen molar-refractivity contribution in [1.82, 2.24) is 0 Å². The Kier molecular flexibility index (Phi) is 8.27. The van der Waals surface area contributed by atoms with Gasteiger partial charge in [0.1, 0.15) is 23.1 Å². The van der Waals surface area contributed by atoms with Crippen molar-refractivity contribution in [1.29, 1.82) is 5.26 Å². The Labute approximate surface area is 169 Å². The number of nitrogens with zero attached hydrogens (tertiary/aromatic N) is 1. The maximum Gasteiger partial charge on any atom is 0.344 e. The van der Waals surface area contributed by atoms with Gasteiger partial charge in [-0.25, -0.2) is 4.79 Å². The minimum absolute atomic E-state index is 0.0425. The van der Waals surface area contributed by atoms with Crippen LogP contribution in [-0.4, -0.2) is 31.7 Å². The summed E-state index contributed by atoms with van der Waals surface area (Å²) in [5, 5.41) is 12.0. The maximum absolute atomic E-state index is 12.4. The average molecular weight is 394 g/mol. The number of amides is 1. The molecule has 29 heavy (non-hydrogen) atoms. The Bertz CT molecular complexity index is 896. The highest BCUT2D eigenvalue weighted by Crippen LogP contribution is 2.18. The molecule has 7 nitrogen and oxygen atoms in total. The molecule has 150 valence electrons. The van der Waals surface area contributed by atoms with Crippen LogP contribution in [-0.2, 0) is 14.3 Å². The lowest BCUT2D eigenvalue weighted by molar-refractivity contribution is -0.145. The number of nitriles is 1. The lowest BCUT2D eigenvalue weighted by Crippen LogP contribution is -2.14. The van der Waals surface area contributed by atoms with Crippen molar-refractivity contribution in [3.63, 3.8) is 0 Å². The molecular formula is C22H22N2O5. The fraction of sp³-hybridized carbons (Fsp3) is 0.227. The van der Waals surface area contributed by atoms with Crippen molar-refractivity contribution >= 4 is 23.6 Å². The molecular weight excluding hydrogens is 372 g/mol. The lowest BCUT2D eigenvalue weighted by atomic mass is 10.1. The molecule has 0 radical (unpaired) electrons. The van der Waals surface area contributed by atoms with Gasteiger partial charge in [0.05, 0.1) is 13.2 Å². The smallest absolute Gasteiger partial charge is 0.344 e. The van der Waals surface area contributed by atoms with Crippen LogP contribution in [0, 0.1) is 11.3 Å². The number of nitrogens with one attached hydrogen (secondary N) is 1. The Morgan fingerprint density at radius 3 is 2.17 bits per heavy atom. The number of benzene rings is 2. The number of esters is 1. The third kappa shape index (κ3) is 7.03. The number of anilines is 1. The van der Waals surface area contributed by atoms with Crippen LogP contribution in [0.1, 0.15) is 19.4 Å². The molecule has 0 fully saturated rings. The van der Waals surface area contributed by atoms with Gasteiger partial charge in [-0.15, -0.1) is 0 Å². The van der Waals surface area contributed by atoms with Crippen molar-refractivity contribution in [3.05, 3.63) is 59.7 Å². The molecule has 2 aromatic carbocycles. The maximum atomic E-state index is 12.4. The predicted molar refractivity (Wildman–Crippen MR) is 108 cm³/mol. The van der Waals surface area contributed by atoms with E-state index in [2.05, 4.69) is 5.32 Å². The predicted octanol–water partition coefficient (Wildman–Crippen LogP) is 3.57. The van der Waals surface area contributed by atoms with E-state index in [0.29, 0.717) is 36.0 Å². The van der Waals surface area contributed by atoms with Crippen LogP contribution in [0.15, 0.2) is 54.1 Å². The second kappa shape index (κ2) is 11.1. The number of hydrogen-bond donors (Lipinski definition) is 1. The SMILES string of the molecule is CCOC(=O)COc1ccc(/C=C(/C#N)C(=O)Nc2ccc(OCC)cc2)cc1. The van der Waals surface area contributed by atoms with Crippen LogP contribution in [0.2, 0.25) is 0 Å². The topological polar surface area (TPSA) is 97.7 Å². The van der Waals surface area contributed by atoms with Crippen molar-refractivity contribution in [2.24, 2.45) is 0 Å². The first-order valence-corrected chi connectivity index (χ1v) is 9.10. The van der Waals surface area contributed by atoms with E-state index < -0.39 is 11.9 Å². The van der Waals surface area contributed by atoms with Gasteiger partial charge in [-0.3, -0.25) is 4.79 Å². The molecule has 0 saturated carbocycles. The van der Waals surface area contributed by atoms with E-state index in [1.807, 2.05) is 13.0 Å². The summed E-state index contributed by atoms with van der Waals surface area (Å²) in [4.78, 5) is 23.7. The number of rotatable bonds is 9. The van der Waals surface area contributed by atoms with E-state index in [0.717, 1.165) is 0 Å². The highest BCUT2D eigenvalue weighted by atomic mass is 16.6. The van der Waals surface area contributed by atoms with E-state index in [-0.39, 0.29) is 12.2 Å². The van der Waals surface area contributed by atoms with Crippen LogP contribution in [0.5, 0.6) is 11.5 Å². The van der Waals surface area contributed by atoms with Crippen molar-refractivity contribution < 1.29 is 23.8 Å². The normalized spacial score (nSPS) is 10.6. The van der Waals surface area contributed by atoms with Gasteiger partial charge in [-0.05, 0) is 61.9 Å². The monoisotopic (exact) mass is 394 g/mol. The first-order valence-electron chi connectivity index (χ1n) is 9.10. The minimum atomic E-state index is -0.515. The summed E-state index contributed by atoms with van der Waals surface area (Å²) >= 11 is 0. The summed E-state index contributed by atoms with van der Waals surface area (Å²) in [6.07, 6.45) is 1.47. The second-order valence-electron chi connectivity index (χ2n) is 5.74. The van der Waals surface area contributed by atoms with Gasteiger partial charge in [-0.2, -0.15) is 5.26 Å². The summed E-state index contributed by atoms with van der Waals surface area (Å²) in [7, 11) is 0. The van der Waals surface area contributed by atoms with Crippen molar-refractivity contribution in [2.75, 3.05) is 25.1 Å². The Morgan fingerprint density at radius 2 is 1.59 bits per heavy atom. The molecule has 0 aliphatic carbocycles. The van der Waals surface area contributed by atoms with Gasteiger partial charge in [-0.1, -0.05) is 12.1 Å². The molecule has 0 heterocycles. The van der Waals surface area contributed by atoms with Crippen LogP contribution < -0.4 is 14.8 Å². The van der Waals surface area contributed by atoms with E-state index >= 15 is 0 Å². The summed E-state index contributed by atoms with van der Waals surface area (Å²) in [6, 6.07) is 15.4. The highest BCUT2D eigenvalue weighted by molar-refractivity contribution is 6.09. The molecule has 0 aromatic heterocycles. The molecule has 0 aliphatic heterocycles. The number of carbonyl (C=O) groups excluding carboxylic acids is 2. The van der Waals surface area contributed by atoms with Crippen LogP contribution >= 0.6 is 0 Å². The van der Waals surface area contributed by atoms with Gasteiger partial charge in [0.25, 0.3) is 5.91 Å². The molecule has 0 unspecified atom stereocenters. The fourth-order valence-corrected chi connectivity index (χ4v) is 2.32. The molecule has 2 aromatic rings. The molecule has 1 N–H and O–H groups in total. The van der Waals surface area contributed by atoms with Gasteiger partial charge < -0.3 is 19.5 Å².